The molecular weight excluding hydrogens is 340 g/mol. The third kappa shape index (κ3) is 3.17. The predicted molar refractivity (Wildman–Crippen MR) is 99.4 cm³/mol. The molecule has 0 atom stereocenters. The van der Waals surface area contributed by atoms with Crippen LogP contribution in [-0.4, -0.2) is 42.2 Å². The molecule has 7 nitrogen and oxygen atoms in total. The lowest BCUT2D eigenvalue weighted by atomic mass is 10.1. The Hall–Kier alpha value is -2.61. The number of nitrogens with zero attached hydrogens (tertiary/aromatic N) is 4. The van der Waals surface area contributed by atoms with Crippen molar-refractivity contribution in [1.29, 1.82) is 0 Å². The molecule has 0 unspecified atom stereocenters. The maximum atomic E-state index is 12.6. The van der Waals surface area contributed by atoms with Gasteiger partial charge in [0.1, 0.15) is 0 Å². The Morgan fingerprint density at radius 3 is 2.44 bits per heavy atom. The molecule has 0 aliphatic rings. The number of benzene rings is 1. The van der Waals surface area contributed by atoms with Crippen molar-refractivity contribution in [2.75, 3.05) is 33.2 Å². The fourth-order valence-corrected chi connectivity index (χ4v) is 3.26. The zero-order valence-corrected chi connectivity index (χ0v) is 15.7. The van der Waals surface area contributed by atoms with Gasteiger partial charge in [-0.05, 0) is 18.6 Å². The molecule has 2 heterocycles. The van der Waals surface area contributed by atoms with Crippen molar-refractivity contribution in [3.63, 3.8) is 0 Å². The monoisotopic (exact) mass is 360 g/mol. The fourth-order valence-electron chi connectivity index (χ4n) is 2.66. The zero-order valence-electron chi connectivity index (χ0n) is 14.9. The summed E-state index contributed by atoms with van der Waals surface area (Å²) in [6.45, 7) is 2.21. The highest BCUT2D eigenvalue weighted by molar-refractivity contribution is 7.09. The fraction of sp³-hybridized carbons (Fsp3) is 0.353. The lowest BCUT2D eigenvalue weighted by Gasteiger charge is -2.14. The minimum absolute atomic E-state index is 0.0987. The Bertz CT molecular complexity index is 978. The molecule has 0 amide bonds. The van der Waals surface area contributed by atoms with E-state index < -0.39 is 0 Å². The van der Waals surface area contributed by atoms with Gasteiger partial charge in [0, 0.05) is 43.1 Å². The SMILES string of the molecule is COc1cc2c(C)cc(=O)n(Cc3nsc(N(C)C)n3)c2cc1OC. The maximum Gasteiger partial charge on any atom is 0.251 e. The molecule has 3 rings (SSSR count). The molecular formula is C17H20N4O3S. The Balaban J connectivity index is 2.17. The highest BCUT2D eigenvalue weighted by atomic mass is 32.1. The van der Waals surface area contributed by atoms with Crippen LogP contribution in [0.5, 0.6) is 11.5 Å². The van der Waals surface area contributed by atoms with Crippen LogP contribution in [0.1, 0.15) is 11.4 Å². The van der Waals surface area contributed by atoms with Crippen LogP contribution >= 0.6 is 11.5 Å². The van der Waals surface area contributed by atoms with Gasteiger partial charge in [0.2, 0.25) is 5.13 Å². The number of methoxy groups -OCH3 is 2. The number of pyridine rings is 1. The Morgan fingerprint density at radius 1 is 1.16 bits per heavy atom. The van der Waals surface area contributed by atoms with Gasteiger partial charge in [-0.15, -0.1) is 0 Å². The molecule has 0 saturated heterocycles. The summed E-state index contributed by atoms with van der Waals surface area (Å²) >= 11 is 1.31. The van der Waals surface area contributed by atoms with E-state index in [0.29, 0.717) is 23.9 Å². The Kier molecular flexibility index (Phi) is 4.63. The number of fused-ring (bicyclic) bond motifs is 1. The second-order valence-electron chi connectivity index (χ2n) is 5.86. The third-order valence-corrected chi connectivity index (χ3v) is 4.88. The largest absolute Gasteiger partial charge is 0.493 e. The van der Waals surface area contributed by atoms with Gasteiger partial charge in [0.15, 0.2) is 17.3 Å². The van der Waals surface area contributed by atoms with E-state index in [1.165, 1.54) is 11.5 Å². The highest BCUT2D eigenvalue weighted by Gasteiger charge is 2.14. The lowest BCUT2D eigenvalue weighted by molar-refractivity contribution is 0.355. The summed E-state index contributed by atoms with van der Waals surface area (Å²) in [5, 5.41) is 1.74. The van der Waals surface area contributed by atoms with Gasteiger partial charge in [-0.1, -0.05) is 0 Å². The normalized spacial score (nSPS) is 10.9. The zero-order chi connectivity index (χ0) is 18.1. The van der Waals surface area contributed by atoms with Crippen molar-refractivity contribution in [1.82, 2.24) is 13.9 Å². The van der Waals surface area contributed by atoms with Gasteiger partial charge in [-0.3, -0.25) is 4.79 Å². The number of anilines is 1. The second kappa shape index (κ2) is 6.72. The summed E-state index contributed by atoms with van der Waals surface area (Å²) in [6.07, 6.45) is 0. The van der Waals surface area contributed by atoms with E-state index in [-0.39, 0.29) is 5.56 Å². The van der Waals surface area contributed by atoms with E-state index >= 15 is 0 Å². The van der Waals surface area contributed by atoms with Crippen molar-refractivity contribution in [3.05, 3.63) is 39.9 Å². The molecule has 0 spiro atoms. The van der Waals surface area contributed by atoms with Crippen molar-refractivity contribution in [3.8, 4) is 11.5 Å². The third-order valence-electron chi connectivity index (χ3n) is 3.96. The Morgan fingerprint density at radius 2 is 1.84 bits per heavy atom. The van der Waals surface area contributed by atoms with Gasteiger partial charge in [0.25, 0.3) is 5.56 Å². The molecule has 0 aliphatic heterocycles. The second-order valence-corrected chi connectivity index (χ2v) is 6.59. The van der Waals surface area contributed by atoms with Crippen LogP contribution in [0.15, 0.2) is 23.0 Å². The summed E-state index contributed by atoms with van der Waals surface area (Å²) in [5.41, 5.74) is 1.56. The van der Waals surface area contributed by atoms with Crippen molar-refractivity contribution >= 4 is 27.6 Å². The first-order valence-electron chi connectivity index (χ1n) is 7.70. The van der Waals surface area contributed by atoms with Crippen molar-refractivity contribution in [2.24, 2.45) is 0 Å². The van der Waals surface area contributed by atoms with Gasteiger partial charge in [-0.2, -0.15) is 4.37 Å². The van der Waals surface area contributed by atoms with Gasteiger partial charge in [-0.25, -0.2) is 4.98 Å². The number of hydrogen-bond acceptors (Lipinski definition) is 7. The summed E-state index contributed by atoms with van der Waals surface area (Å²) in [5.74, 6) is 1.81. The first-order valence-corrected chi connectivity index (χ1v) is 8.48. The molecule has 0 aliphatic carbocycles. The topological polar surface area (TPSA) is 69.5 Å². The van der Waals surface area contributed by atoms with Crippen LogP contribution < -0.4 is 19.9 Å². The number of ether oxygens (including phenoxy) is 2. The molecule has 0 fully saturated rings. The molecule has 8 heteroatoms. The van der Waals surface area contributed by atoms with Crippen LogP contribution in [-0.2, 0) is 6.54 Å². The van der Waals surface area contributed by atoms with E-state index in [1.807, 2.05) is 38.1 Å². The van der Waals surface area contributed by atoms with Crippen molar-refractivity contribution < 1.29 is 9.47 Å². The number of aromatic nitrogens is 3. The van der Waals surface area contributed by atoms with E-state index in [2.05, 4.69) is 9.36 Å². The molecule has 0 N–H and O–H groups in total. The van der Waals surface area contributed by atoms with E-state index in [0.717, 1.165) is 21.6 Å². The van der Waals surface area contributed by atoms with Crippen molar-refractivity contribution in [2.45, 2.75) is 13.5 Å². The van der Waals surface area contributed by atoms with Crippen LogP contribution in [0.4, 0.5) is 5.13 Å². The van der Waals surface area contributed by atoms with Crippen LogP contribution in [0.2, 0.25) is 0 Å². The number of hydrogen-bond donors (Lipinski definition) is 0. The average molecular weight is 360 g/mol. The van der Waals surface area contributed by atoms with Crippen LogP contribution in [0, 0.1) is 6.92 Å². The van der Waals surface area contributed by atoms with Crippen LogP contribution in [0.25, 0.3) is 10.9 Å². The standard InChI is InChI=1S/C17H20N4O3S/c1-10-6-16(22)21(9-15-18-17(20(2)3)25-19-15)12-8-14(24-5)13(23-4)7-11(10)12/h6-8H,9H2,1-5H3. The molecule has 0 bridgehead atoms. The predicted octanol–water partition coefficient (Wildman–Crippen LogP) is 2.29. The average Bonchev–Trinajstić information content (AvgIpc) is 3.06. The molecule has 0 saturated carbocycles. The lowest BCUT2D eigenvalue weighted by Crippen LogP contribution is -2.21. The van der Waals surface area contributed by atoms with Gasteiger partial charge >= 0.3 is 0 Å². The quantitative estimate of drug-likeness (QED) is 0.695. The molecule has 25 heavy (non-hydrogen) atoms. The molecule has 3 aromatic rings. The first kappa shape index (κ1) is 17.2. The van der Waals surface area contributed by atoms with E-state index in [4.69, 9.17) is 9.47 Å². The highest BCUT2D eigenvalue weighted by Crippen LogP contribution is 2.33. The maximum absolute atomic E-state index is 12.6. The minimum atomic E-state index is -0.0987. The summed E-state index contributed by atoms with van der Waals surface area (Å²) < 4.78 is 16.8. The molecule has 132 valence electrons. The van der Waals surface area contributed by atoms with E-state index in [9.17, 15) is 4.79 Å². The summed E-state index contributed by atoms with van der Waals surface area (Å²) in [6, 6.07) is 5.33. The number of rotatable bonds is 5. The summed E-state index contributed by atoms with van der Waals surface area (Å²) in [4.78, 5) is 18.9. The van der Waals surface area contributed by atoms with Crippen LogP contribution in [0.3, 0.4) is 0 Å². The summed E-state index contributed by atoms with van der Waals surface area (Å²) in [7, 11) is 6.99. The first-order chi connectivity index (χ1) is 11.9. The smallest absolute Gasteiger partial charge is 0.251 e. The minimum Gasteiger partial charge on any atom is -0.493 e. The number of aryl methyl sites for hydroxylation is 1. The van der Waals surface area contributed by atoms with E-state index in [1.54, 1.807) is 24.9 Å². The Labute approximate surface area is 149 Å². The molecule has 2 aromatic heterocycles. The van der Waals surface area contributed by atoms with Gasteiger partial charge in [0.05, 0.1) is 26.3 Å². The molecule has 0 radical (unpaired) electrons. The van der Waals surface area contributed by atoms with Gasteiger partial charge < -0.3 is 18.9 Å². The molecule has 1 aromatic carbocycles.